The first kappa shape index (κ1) is 15.1. The molecule has 2 heterocycles. The molecule has 2 fully saturated rings. The van der Waals surface area contributed by atoms with Gasteiger partial charge in [0.25, 0.3) is 0 Å². The van der Waals surface area contributed by atoms with Gasteiger partial charge in [-0.05, 0) is 44.6 Å². The van der Waals surface area contributed by atoms with E-state index in [0.29, 0.717) is 29.6 Å². The third kappa shape index (κ3) is 2.53. The summed E-state index contributed by atoms with van der Waals surface area (Å²) in [6.07, 6.45) is 7.08. The van der Waals surface area contributed by atoms with Crippen LogP contribution in [0.5, 0.6) is 0 Å². The van der Waals surface area contributed by atoms with Crippen molar-refractivity contribution in [3.8, 4) is 0 Å². The summed E-state index contributed by atoms with van der Waals surface area (Å²) in [7, 11) is -3.44. The van der Waals surface area contributed by atoms with Crippen LogP contribution >= 0.6 is 0 Å². The van der Waals surface area contributed by atoms with E-state index in [1.54, 1.807) is 16.6 Å². The lowest BCUT2D eigenvalue weighted by atomic mass is 9.94. The van der Waals surface area contributed by atoms with Crippen molar-refractivity contribution in [2.75, 3.05) is 6.54 Å². The summed E-state index contributed by atoms with van der Waals surface area (Å²) in [4.78, 5) is 0.334. The zero-order valence-electron chi connectivity index (χ0n) is 12.5. The first-order valence-electron chi connectivity index (χ1n) is 7.89. The molecule has 5 nitrogen and oxygen atoms in total. The fourth-order valence-corrected chi connectivity index (χ4v) is 5.75. The maximum atomic E-state index is 13.0. The minimum Gasteiger partial charge on any atom is -0.390 e. The number of sulfonamides is 1. The van der Waals surface area contributed by atoms with Gasteiger partial charge in [0.2, 0.25) is 10.0 Å². The molecule has 2 atom stereocenters. The number of aliphatic hydroxyl groups excluding tert-OH is 1. The molecule has 1 aliphatic heterocycles. The standard InChI is InChI=1S/C15H24N2O3S/c1-2-16-10-14(9-13(16)11-18)21(19,20)17-8-4-6-12-5-3-7-15(12)17/h9-10,12,15,18H,2-8,11H2,1H3. The van der Waals surface area contributed by atoms with Gasteiger partial charge in [-0.3, -0.25) is 0 Å². The first-order chi connectivity index (χ1) is 10.1. The summed E-state index contributed by atoms with van der Waals surface area (Å²) in [5.74, 6) is 0.541. The van der Waals surface area contributed by atoms with E-state index in [9.17, 15) is 13.5 Å². The number of rotatable bonds is 4. The molecule has 1 aromatic heterocycles. The van der Waals surface area contributed by atoms with Crippen molar-refractivity contribution in [3.63, 3.8) is 0 Å². The van der Waals surface area contributed by atoms with Gasteiger partial charge >= 0.3 is 0 Å². The van der Waals surface area contributed by atoms with Crippen molar-refractivity contribution in [2.45, 2.75) is 63.1 Å². The Morgan fingerprint density at radius 2 is 2.05 bits per heavy atom. The number of aryl methyl sites for hydroxylation is 1. The van der Waals surface area contributed by atoms with E-state index in [1.165, 1.54) is 0 Å². The van der Waals surface area contributed by atoms with E-state index >= 15 is 0 Å². The van der Waals surface area contributed by atoms with Crippen molar-refractivity contribution in [1.29, 1.82) is 0 Å². The Hall–Kier alpha value is -0.850. The molecular weight excluding hydrogens is 288 g/mol. The largest absolute Gasteiger partial charge is 0.390 e. The van der Waals surface area contributed by atoms with Gasteiger partial charge in [0, 0.05) is 31.0 Å². The van der Waals surface area contributed by atoms with E-state index in [1.807, 2.05) is 11.5 Å². The zero-order chi connectivity index (χ0) is 15.0. The quantitative estimate of drug-likeness (QED) is 0.924. The average molecular weight is 312 g/mol. The van der Waals surface area contributed by atoms with E-state index in [4.69, 9.17) is 0 Å². The van der Waals surface area contributed by atoms with Gasteiger partial charge in [0.15, 0.2) is 0 Å². The third-order valence-corrected chi connectivity index (χ3v) is 6.90. The summed E-state index contributed by atoms with van der Waals surface area (Å²) in [5, 5.41) is 9.36. The second-order valence-corrected chi connectivity index (χ2v) is 8.02. The number of piperidine rings is 1. The van der Waals surface area contributed by atoms with Crippen LogP contribution in [0.15, 0.2) is 17.2 Å². The van der Waals surface area contributed by atoms with Gasteiger partial charge in [-0.1, -0.05) is 6.42 Å². The molecule has 2 unspecified atom stereocenters. The second kappa shape index (κ2) is 5.74. The monoisotopic (exact) mass is 312 g/mol. The molecular formula is C15H24N2O3S. The van der Waals surface area contributed by atoms with Gasteiger partial charge in [0.05, 0.1) is 6.61 Å². The van der Waals surface area contributed by atoms with Crippen LogP contribution in [-0.2, 0) is 23.2 Å². The van der Waals surface area contributed by atoms with Crippen LogP contribution in [-0.4, -0.2) is 35.0 Å². The fourth-order valence-electron chi connectivity index (χ4n) is 3.93. The fraction of sp³-hybridized carbons (Fsp3) is 0.733. The molecule has 0 bridgehead atoms. The third-order valence-electron chi connectivity index (χ3n) is 5.01. The minimum atomic E-state index is -3.44. The van der Waals surface area contributed by atoms with Gasteiger partial charge in [-0.25, -0.2) is 8.42 Å². The molecule has 1 aromatic rings. The molecule has 21 heavy (non-hydrogen) atoms. The highest BCUT2D eigenvalue weighted by Gasteiger charge is 2.41. The first-order valence-corrected chi connectivity index (χ1v) is 9.33. The molecule has 1 N–H and O–H groups in total. The molecule has 0 radical (unpaired) electrons. The lowest BCUT2D eigenvalue weighted by molar-refractivity contribution is 0.202. The summed E-state index contributed by atoms with van der Waals surface area (Å²) in [5.41, 5.74) is 0.663. The van der Waals surface area contributed by atoms with Gasteiger partial charge in [0.1, 0.15) is 4.90 Å². The van der Waals surface area contributed by atoms with E-state index in [2.05, 4.69) is 0 Å². The van der Waals surface area contributed by atoms with Crippen LogP contribution in [0.25, 0.3) is 0 Å². The maximum absolute atomic E-state index is 13.0. The summed E-state index contributed by atoms with van der Waals surface area (Å²) < 4.78 is 29.5. The molecule has 1 saturated carbocycles. The highest BCUT2D eigenvalue weighted by molar-refractivity contribution is 7.89. The Morgan fingerprint density at radius 3 is 2.71 bits per heavy atom. The van der Waals surface area contributed by atoms with Crippen LogP contribution in [0, 0.1) is 5.92 Å². The highest BCUT2D eigenvalue weighted by Crippen LogP contribution is 2.39. The number of nitrogens with zero attached hydrogens (tertiary/aromatic N) is 2. The Balaban J connectivity index is 1.94. The second-order valence-electron chi connectivity index (χ2n) is 6.13. The number of hydrogen-bond acceptors (Lipinski definition) is 3. The lowest BCUT2D eigenvalue weighted by Crippen LogP contribution is -2.45. The van der Waals surface area contributed by atoms with Gasteiger partial charge in [-0.15, -0.1) is 0 Å². The minimum absolute atomic E-state index is 0.130. The summed E-state index contributed by atoms with van der Waals surface area (Å²) >= 11 is 0. The molecule has 2 aliphatic rings. The number of hydrogen-bond donors (Lipinski definition) is 1. The Bertz CT molecular complexity index is 587. The van der Waals surface area contributed by atoms with Crippen LogP contribution < -0.4 is 0 Å². The molecule has 1 saturated heterocycles. The predicted molar refractivity (Wildman–Crippen MR) is 80.3 cm³/mol. The van der Waals surface area contributed by atoms with Gasteiger partial charge < -0.3 is 9.67 Å². The Labute approximate surface area is 126 Å². The Morgan fingerprint density at radius 1 is 1.29 bits per heavy atom. The van der Waals surface area contributed by atoms with E-state index in [-0.39, 0.29) is 12.6 Å². The van der Waals surface area contributed by atoms with Crippen LogP contribution in [0.4, 0.5) is 0 Å². The molecule has 6 heteroatoms. The van der Waals surface area contributed by atoms with Crippen molar-refractivity contribution in [1.82, 2.24) is 8.87 Å². The van der Waals surface area contributed by atoms with E-state index in [0.717, 1.165) is 32.1 Å². The lowest BCUT2D eigenvalue weighted by Gasteiger charge is -2.36. The highest BCUT2D eigenvalue weighted by atomic mass is 32.2. The number of aliphatic hydroxyl groups is 1. The molecule has 0 amide bonds. The molecule has 0 spiro atoms. The smallest absolute Gasteiger partial charge is 0.244 e. The van der Waals surface area contributed by atoms with Crippen molar-refractivity contribution >= 4 is 10.0 Å². The summed E-state index contributed by atoms with van der Waals surface area (Å²) in [6.45, 7) is 3.12. The summed E-state index contributed by atoms with van der Waals surface area (Å²) in [6, 6.07) is 1.81. The number of aromatic nitrogens is 1. The molecule has 0 aromatic carbocycles. The number of fused-ring (bicyclic) bond motifs is 1. The van der Waals surface area contributed by atoms with Crippen molar-refractivity contribution < 1.29 is 13.5 Å². The molecule has 118 valence electrons. The van der Waals surface area contributed by atoms with Crippen molar-refractivity contribution in [2.24, 2.45) is 5.92 Å². The van der Waals surface area contributed by atoms with Crippen LogP contribution in [0.2, 0.25) is 0 Å². The van der Waals surface area contributed by atoms with Gasteiger partial charge in [-0.2, -0.15) is 4.31 Å². The van der Waals surface area contributed by atoms with E-state index < -0.39 is 10.0 Å². The molecule has 1 aliphatic carbocycles. The predicted octanol–water partition coefficient (Wildman–Crippen LogP) is 1.95. The SMILES string of the molecule is CCn1cc(S(=O)(=O)N2CCCC3CCCC32)cc1CO. The maximum Gasteiger partial charge on any atom is 0.244 e. The Kier molecular flexibility index (Phi) is 4.12. The van der Waals surface area contributed by atoms with Crippen molar-refractivity contribution in [3.05, 3.63) is 18.0 Å². The van der Waals surface area contributed by atoms with Crippen LogP contribution in [0.1, 0.15) is 44.7 Å². The topological polar surface area (TPSA) is 62.5 Å². The average Bonchev–Trinajstić information content (AvgIpc) is 3.12. The van der Waals surface area contributed by atoms with Crippen LogP contribution in [0.3, 0.4) is 0 Å². The normalized spacial score (nSPS) is 27.0. The molecule has 3 rings (SSSR count). The zero-order valence-corrected chi connectivity index (χ0v) is 13.3.